The van der Waals surface area contributed by atoms with E-state index in [-0.39, 0.29) is 19.0 Å². The number of carbonyl (C=O) groups is 2. The van der Waals surface area contributed by atoms with Crippen molar-refractivity contribution in [3.8, 4) is 0 Å². The molecule has 2 heterocycles. The molecule has 2 amide bonds. The van der Waals surface area contributed by atoms with Crippen molar-refractivity contribution in [1.82, 2.24) is 10.1 Å². The molecule has 8 nitrogen and oxygen atoms in total. The highest BCUT2D eigenvalue weighted by Crippen LogP contribution is 2.17. The van der Waals surface area contributed by atoms with E-state index in [0.717, 1.165) is 0 Å². The molecule has 1 aromatic heterocycles. The minimum Gasteiger partial charge on any atom is -0.367 e. The third-order valence-electron chi connectivity index (χ3n) is 3.14. The molecule has 0 bridgehead atoms. The molecule has 1 aliphatic rings. The molecule has 8 heteroatoms. The first kappa shape index (κ1) is 14.5. The normalized spacial score (nSPS) is 23.5. The van der Waals surface area contributed by atoms with Crippen molar-refractivity contribution in [2.75, 3.05) is 31.6 Å². The number of hydrogen-bond donors (Lipinski definition) is 2. The molecule has 1 aromatic rings. The van der Waals surface area contributed by atoms with Gasteiger partial charge in [-0.05, 0) is 13.8 Å². The zero-order chi connectivity index (χ0) is 14.8. The van der Waals surface area contributed by atoms with Gasteiger partial charge in [0.25, 0.3) is 5.91 Å². The van der Waals surface area contributed by atoms with E-state index < -0.39 is 11.5 Å². The molecular weight excluding hydrogens is 264 g/mol. The fourth-order valence-corrected chi connectivity index (χ4v) is 2.05. The largest absolute Gasteiger partial charge is 0.367 e. The lowest BCUT2D eigenvalue weighted by Crippen LogP contribution is -2.58. The van der Waals surface area contributed by atoms with Gasteiger partial charge in [-0.15, -0.1) is 0 Å². The molecule has 0 aliphatic carbocycles. The smallest absolute Gasteiger partial charge is 0.250 e. The van der Waals surface area contributed by atoms with E-state index in [1.807, 2.05) is 4.90 Å². The topological polar surface area (TPSA) is 111 Å². The second-order valence-corrected chi connectivity index (χ2v) is 5.03. The maximum absolute atomic E-state index is 11.9. The molecule has 0 radical (unpaired) electrons. The number of amides is 2. The summed E-state index contributed by atoms with van der Waals surface area (Å²) in [6.45, 7) is 4.71. The van der Waals surface area contributed by atoms with Gasteiger partial charge in [0, 0.05) is 19.2 Å². The fraction of sp³-hybridized carbons (Fsp3) is 0.583. The minimum atomic E-state index is -1.05. The summed E-state index contributed by atoms with van der Waals surface area (Å²) < 4.78 is 10.2. The van der Waals surface area contributed by atoms with Crippen LogP contribution in [0.5, 0.6) is 0 Å². The number of ether oxygens (including phenoxy) is 1. The third kappa shape index (κ3) is 3.34. The molecule has 1 aliphatic heterocycles. The van der Waals surface area contributed by atoms with Gasteiger partial charge in [0.15, 0.2) is 11.4 Å². The number of rotatable bonds is 4. The monoisotopic (exact) mass is 282 g/mol. The van der Waals surface area contributed by atoms with Crippen LogP contribution in [0.2, 0.25) is 0 Å². The van der Waals surface area contributed by atoms with Gasteiger partial charge in [0.2, 0.25) is 5.91 Å². The molecule has 2 rings (SSSR count). The summed E-state index contributed by atoms with van der Waals surface area (Å²) in [5.41, 5.74) is 4.25. The average molecular weight is 282 g/mol. The minimum absolute atomic E-state index is 0.137. The van der Waals surface area contributed by atoms with Crippen molar-refractivity contribution >= 4 is 17.6 Å². The van der Waals surface area contributed by atoms with Gasteiger partial charge in [0.05, 0.1) is 13.2 Å². The van der Waals surface area contributed by atoms with Crippen molar-refractivity contribution in [2.24, 2.45) is 5.73 Å². The van der Waals surface area contributed by atoms with Crippen LogP contribution in [0.25, 0.3) is 0 Å². The van der Waals surface area contributed by atoms with Crippen molar-refractivity contribution in [3.05, 3.63) is 11.8 Å². The quantitative estimate of drug-likeness (QED) is 0.770. The summed E-state index contributed by atoms with van der Waals surface area (Å²) in [5, 5.41) is 6.31. The predicted octanol–water partition coefficient (Wildman–Crippen LogP) is -0.502. The lowest BCUT2D eigenvalue weighted by molar-refractivity contribution is -0.154. The van der Waals surface area contributed by atoms with Crippen molar-refractivity contribution in [2.45, 2.75) is 19.4 Å². The number of nitrogens with one attached hydrogen (secondary N) is 1. The Morgan fingerprint density at radius 1 is 1.60 bits per heavy atom. The molecule has 1 fully saturated rings. The Kier molecular flexibility index (Phi) is 4.05. The number of morpholine rings is 1. The van der Waals surface area contributed by atoms with Crippen LogP contribution in [0.1, 0.15) is 12.7 Å². The van der Waals surface area contributed by atoms with Gasteiger partial charge in [-0.3, -0.25) is 14.5 Å². The molecule has 20 heavy (non-hydrogen) atoms. The molecule has 0 saturated carbocycles. The summed E-state index contributed by atoms with van der Waals surface area (Å²) in [4.78, 5) is 25.0. The zero-order valence-electron chi connectivity index (χ0n) is 11.5. The van der Waals surface area contributed by atoms with Gasteiger partial charge in [0.1, 0.15) is 5.76 Å². The van der Waals surface area contributed by atoms with Crippen molar-refractivity contribution in [3.63, 3.8) is 0 Å². The number of aromatic nitrogens is 1. The summed E-state index contributed by atoms with van der Waals surface area (Å²) in [6.07, 6.45) is 0. The summed E-state index contributed by atoms with van der Waals surface area (Å²) in [6, 6.07) is 1.63. The van der Waals surface area contributed by atoms with Crippen LogP contribution in [-0.4, -0.2) is 53.7 Å². The number of primary amides is 1. The summed E-state index contributed by atoms with van der Waals surface area (Å²) >= 11 is 0. The van der Waals surface area contributed by atoms with Crippen LogP contribution >= 0.6 is 0 Å². The molecule has 0 aromatic carbocycles. The molecule has 0 spiro atoms. The second-order valence-electron chi connectivity index (χ2n) is 5.03. The fourth-order valence-electron chi connectivity index (χ4n) is 2.05. The molecule has 1 saturated heterocycles. The van der Waals surface area contributed by atoms with Crippen molar-refractivity contribution < 1.29 is 18.8 Å². The van der Waals surface area contributed by atoms with E-state index in [2.05, 4.69) is 10.5 Å². The SMILES string of the molecule is Cc1cc(NC(=O)CN2CCOC(C)(C(N)=O)C2)no1. The van der Waals surface area contributed by atoms with Crippen LogP contribution in [0.3, 0.4) is 0 Å². The van der Waals surface area contributed by atoms with E-state index in [9.17, 15) is 9.59 Å². The van der Waals surface area contributed by atoms with E-state index >= 15 is 0 Å². The predicted molar refractivity (Wildman–Crippen MR) is 69.9 cm³/mol. The Hall–Kier alpha value is -1.93. The third-order valence-corrected chi connectivity index (χ3v) is 3.14. The number of nitrogens with two attached hydrogens (primary N) is 1. The Morgan fingerprint density at radius 2 is 2.35 bits per heavy atom. The lowest BCUT2D eigenvalue weighted by Gasteiger charge is -2.37. The Bertz CT molecular complexity index is 515. The Balaban J connectivity index is 1.89. The highest BCUT2D eigenvalue weighted by Gasteiger charge is 2.37. The molecule has 1 atom stereocenters. The first-order valence-electron chi connectivity index (χ1n) is 6.28. The highest BCUT2D eigenvalue weighted by atomic mass is 16.5. The van der Waals surface area contributed by atoms with Crippen molar-refractivity contribution in [1.29, 1.82) is 0 Å². The molecule has 1 unspecified atom stereocenters. The van der Waals surface area contributed by atoms with Gasteiger partial charge in [-0.1, -0.05) is 5.16 Å². The first-order chi connectivity index (χ1) is 9.39. The average Bonchev–Trinajstić information content (AvgIpc) is 2.74. The number of hydrogen-bond acceptors (Lipinski definition) is 6. The standard InChI is InChI=1S/C12H18N4O4/c1-8-5-9(15-20-8)14-10(17)6-16-3-4-19-12(2,7-16)11(13)18/h5H,3-4,6-7H2,1-2H3,(H2,13,18)(H,14,15,17). The van der Waals surface area contributed by atoms with E-state index in [0.29, 0.717) is 24.7 Å². The molecular formula is C12H18N4O4. The van der Waals surface area contributed by atoms with Crippen LogP contribution in [0, 0.1) is 6.92 Å². The summed E-state index contributed by atoms with van der Waals surface area (Å²) in [5.74, 6) is 0.230. The Morgan fingerprint density at radius 3 is 2.95 bits per heavy atom. The zero-order valence-corrected chi connectivity index (χ0v) is 11.5. The first-order valence-corrected chi connectivity index (χ1v) is 6.28. The molecule has 110 valence electrons. The Labute approximate surface area is 116 Å². The van der Waals surface area contributed by atoms with Crippen LogP contribution in [0.4, 0.5) is 5.82 Å². The van der Waals surface area contributed by atoms with Gasteiger partial charge in [-0.2, -0.15) is 0 Å². The second kappa shape index (κ2) is 5.59. The lowest BCUT2D eigenvalue weighted by atomic mass is 10.0. The highest BCUT2D eigenvalue weighted by molar-refractivity contribution is 5.91. The molecule has 3 N–H and O–H groups in total. The number of aryl methyl sites for hydroxylation is 1. The van der Waals surface area contributed by atoms with Gasteiger partial charge >= 0.3 is 0 Å². The van der Waals surface area contributed by atoms with Gasteiger partial charge < -0.3 is 20.3 Å². The number of carbonyl (C=O) groups excluding carboxylic acids is 2. The van der Waals surface area contributed by atoms with Gasteiger partial charge in [-0.25, -0.2) is 0 Å². The van der Waals surface area contributed by atoms with Crippen LogP contribution < -0.4 is 11.1 Å². The summed E-state index contributed by atoms with van der Waals surface area (Å²) in [7, 11) is 0. The van der Waals surface area contributed by atoms with E-state index in [1.165, 1.54) is 0 Å². The maximum Gasteiger partial charge on any atom is 0.250 e. The van der Waals surface area contributed by atoms with Crippen LogP contribution in [-0.2, 0) is 14.3 Å². The van der Waals surface area contributed by atoms with E-state index in [1.54, 1.807) is 19.9 Å². The number of nitrogens with zero attached hydrogens (tertiary/aromatic N) is 2. The van der Waals surface area contributed by atoms with E-state index in [4.69, 9.17) is 15.0 Å². The maximum atomic E-state index is 11.9. The van der Waals surface area contributed by atoms with Crippen LogP contribution in [0.15, 0.2) is 10.6 Å². The number of anilines is 1.